The predicted molar refractivity (Wildman–Crippen MR) is 80.7 cm³/mol. The number of hydrogen-bond donors (Lipinski definition) is 3. The highest BCUT2D eigenvalue weighted by Gasteiger charge is 2.22. The van der Waals surface area contributed by atoms with E-state index in [-0.39, 0.29) is 11.5 Å². The summed E-state index contributed by atoms with van der Waals surface area (Å²) in [6.45, 7) is 9.84. The van der Waals surface area contributed by atoms with Crippen molar-refractivity contribution in [2.75, 3.05) is 23.9 Å². The fourth-order valence-electron chi connectivity index (χ4n) is 2.18. The Labute approximate surface area is 120 Å². The van der Waals surface area contributed by atoms with Crippen LogP contribution in [0.1, 0.15) is 45.0 Å². The van der Waals surface area contributed by atoms with E-state index in [0.717, 1.165) is 43.2 Å². The first-order chi connectivity index (χ1) is 9.41. The van der Waals surface area contributed by atoms with Gasteiger partial charge in [0.15, 0.2) is 0 Å². The second kappa shape index (κ2) is 5.93. The van der Waals surface area contributed by atoms with Crippen LogP contribution in [-0.2, 0) is 10.2 Å². The molecular formula is C14H25N5O. The van der Waals surface area contributed by atoms with Crippen molar-refractivity contribution in [2.24, 2.45) is 5.84 Å². The maximum atomic E-state index is 5.62. The van der Waals surface area contributed by atoms with Crippen molar-refractivity contribution in [1.29, 1.82) is 0 Å². The minimum Gasteiger partial charge on any atom is -0.376 e. The number of hydrogen-bond acceptors (Lipinski definition) is 6. The lowest BCUT2D eigenvalue weighted by molar-refractivity contribution is 0.120. The zero-order valence-corrected chi connectivity index (χ0v) is 12.8. The highest BCUT2D eigenvalue weighted by atomic mass is 16.5. The molecule has 0 spiro atoms. The smallest absolute Gasteiger partial charge is 0.148 e. The summed E-state index contributed by atoms with van der Waals surface area (Å²) in [4.78, 5) is 9.12. The van der Waals surface area contributed by atoms with Gasteiger partial charge in [-0.05, 0) is 19.8 Å². The molecule has 112 valence electrons. The zero-order chi connectivity index (χ0) is 14.8. The molecule has 1 unspecified atom stereocenters. The second-order valence-electron chi connectivity index (χ2n) is 6.28. The van der Waals surface area contributed by atoms with Crippen LogP contribution in [0.3, 0.4) is 0 Å². The van der Waals surface area contributed by atoms with Gasteiger partial charge in [-0.25, -0.2) is 15.8 Å². The van der Waals surface area contributed by atoms with E-state index in [1.807, 2.05) is 6.92 Å². The third kappa shape index (κ3) is 3.37. The molecule has 2 rings (SSSR count). The molecule has 2 heterocycles. The van der Waals surface area contributed by atoms with Gasteiger partial charge in [0.2, 0.25) is 0 Å². The van der Waals surface area contributed by atoms with E-state index in [1.165, 1.54) is 0 Å². The van der Waals surface area contributed by atoms with Crippen LogP contribution in [-0.4, -0.2) is 29.2 Å². The molecule has 1 aromatic heterocycles. The maximum Gasteiger partial charge on any atom is 0.148 e. The molecule has 0 radical (unpaired) electrons. The van der Waals surface area contributed by atoms with Gasteiger partial charge in [-0.2, -0.15) is 0 Å². The van der Waals surface area contributed by atoms with Crippen LogP contribution < -0.4 is 16.6 Å². The van der Waals surface area contributed by atoms with Gasteiger partial charge < -0.3 is 15.5 Å². The molecule has 0 aromatic carbocycles. The molecule has 0 aliphatic carbocycles. The first-order valence-electron chi connectivity index (χ1n) is 7.13. The van der Waals surface area contributed by atoms with Gasteiger partial charge in [-0.3, -0.25) is 0 Å². The van der Waals surface area contributed by atoms with E-state index in [0.29, 0.717) is 5.82 Å². The number of nitrogens with one attached hydrogen (secondary N) is 2. The number of nitrogens with zero attached hydrogens (tertiary/aromatic N) is 2. The van der Waals surface area contributed by atoms with E-state index in [4.69, 9.17) is 10.6 Å². The summed E-state index contributed by atoms with van der Waals surface area (Å²) < 4.78 is 5.62. The average molecular weight is 279 g/mol. The Morgan fingerprint density at radius 3 is 2.55 bits per heavy atom. The van der Waals surface area contributed by atoms with Crippen LogP contribution >= 0.6 is 0 Å². The quantitative estimate of drug-likeness (QED) is 0.577. The normalized spacial score (nSPS) is 19.1. The van der Waals surface area contributed by atoms with Gasteiger partial charge in [-0.15, -0.1) is 0 Å². The highest BCUT2D eigenvalue weighted by molar-refractivity contribution is 5.57. The third-order valence-electron chi connectivity index (χ3n) is 3.47. The Kier molecular flexibility index (Phi) is 4.45. The Bertz CT molecular complexity index is 463. The number of ether oxygens (including phenoxy) is 1. The van der Waals surface area contributed by atoms with Gasteiger partial charge >= 0.3 is 0 Å². The maximum absolute atomic E-state index is 5.62. The van der Waals surface area contributed by atoms with Crippen molar-refractivity contribution < 1.29 is 4.74 Å². The fourth-order valence-corrected chi connectivity index (χ4v) is 2.18. The Balaban J connectivity index is 2.21. The minimum atomic E-state index is -0.125. The summed E-state index contributed by atoms with van der Waals surface area (Å²) in [5, 5.41) is 3.37. The molecule has 1 aliphatic rings. The molecule has 1 aromatic rings. The number of hydrazine groups is 1. The molecule has 4 N–H and O–H groups in total. The third-order valence-corrected chi connectivity index (χ3v) is 3.47. The van der Waals surface area contributed by atoms with Crippen molar-refractivity contribution in [3.63, 3.8) is 0 Å². The van der Waals surface area contributed by atoms with Gasteiger partial charge in [0.1, 0.15) is 17.5 Å². The first kappa shape index (κ1) is 15.0. The van der Waals surface area contributed by atoms with Crippen LogP contribution in [0, 0.1) is 6.92 Å². The summed E-state index contributed by atoms with van der Waals surface area (Å²) in [7, 11) is 0. The van der Waals surface area contributed by atoms with E-state index >= 15 is 0 Å². The molecule has 6 heteroatoms. The highest BCUT2D eigenvalue weighted by Crippen LogP contribution is 2.26. The van der Waals surface area contributed by atoms with Crippen LogP contribution in [0.4, 0.5) is 11.6 Å². The van der Waals surface area contributed by atoms with E-state index in [9.17, 15) is 0 Å². The summed E-state index contributed by atoms with van der Waals surface area (Å²) in [6, 6.07) is 0. The predicted octanol–water partition coefficient (Wildman–Crippen LogP) is 1.96. The first-order valence-corrected chi connectivity index (χ1v) is 7.13. The molecule has 20 heavy (non-hydrogen) atoms. The number of rotatable bonds is 4. The summed E-state index contributed by atoms with van der Waals surface area (Å²) in [5.74, 6) is 7.82. The number of nitrogen functional groups attached to an aromatic ring is 1. The Morgan fingerprint density at radius 1 is 1.30 bits per heavy atom. The zero-order valence-electron chi connectivity index (χ0n) is 12.8. The van der Waals surface area contributed by atoms with E-state index in [2.05, 4.69) is 41.5 Å². The summed E-state index contributed by atoms with van der Waals surface area (Å²) in [6.07, 6.45) is 2.51. The van der Waals surface area contributed by atoms with Crippen LogP contribution in [0.2, 0.25) is 0 Å². The van der Waals surface area contributed by atoms with Crippen molar-refractivity contribution in [3.8, 4) is 0 Å². The molecule has 1 atom stereocenters. The van der Waals surface area contributed by atoms with Gasteiger partial charge in [0.05, 0.1) is 6.10 Å². The average Bonchev–Trinajstić information content (AvgIpc) is 2.89. The van der Waals surface area contributed by atoms with E-state index in [1.54, 1.807) is 0 Å². The fraction of sp³-hybridized carbons (Fsp3) is 0.714. The largest absolute Gasteiger partial charge is 0.376 e. The van der Waals surface area contributed by atoms with Gasteiger partial charge in [-0.1, -0.05) is 20.8 Å². The number of aromatic nitrogens is 2. The van der Waals surface area contributed by atoms with Crippen molar-refractivity contribution >= 4 is 11.6 Å². The monoisotopic (exact) mass is 279 g/mol. The van der Waals surface area contributed by atoms with Crippen LogP contribution in [0.5, 0.6) is 0 Å². The SMILES string of the molecule is Cc1c(NN)nc(C(C)(C)C)nc1NCC1CCCO1. The van der Waals surface area contributed by atoms with Crippen LogP contribution in [0.15, 0.2) is 0 Å². The Hall–Kier alpha value is -1.40. The van der Waals surface area contributed by atoms with Crippen molar-refractivity contribution in [3.05, 3.63) is 11.4 Å². The molecule has 0 amide bonds. The molecule has 0 saturated carbocycles. The summed E-state index contributed by atoms with van der Waals surface area (Å²) >= 11 is 0. The number of anilines is 2. The molecule has 6 nitrogen and oxygen atoms in total. The number of nitrogens with two attached hydrogens (primary N) is 1. The second-order valence-corrected chi connectivity index (χ2v) is 6.28. The standard InChI is InChI=1S/C14H25N5O/c1-9-11(16-8-10-6-5-7-20-10)17-13(14(2,3)4)18-12(9)19-15/h10H,5-8,15H2,1-4H3,(H2,16,17,18,19). The molecule has 0 bridgehead atoms. The summed E-state index contributed by atoms with van der Waals surface area (Å²) in [5.41, 5.74) is 3.46. The van der Waals surface area contributed by atoms with Gasteiger partial charge in [0.25, 0.3) is 0 Å². The van der Waals surface area contributed by atoms with Crippen molar-refractivity contribution in [2.45, 2.75) is 52.1 Å². The van der Waals surface area contributed by atoms with Gasteiger partial charge in [0, 0.05) is 24.1 Å². The van der Waals surface area contributed by atoms with Crippen molar-refractivity contribution in [1.82, 2.24) is 9.97 Å². The van der Waals surface area contributed by atoms with Crippen LogP contribution in [0.25, 0.3) is 0 Å². The molecule has 1 saturated heterocycles. The molecule has 1 aliphatic heterocycles. The lowest BCUT2D eigenvalue weighted by atomic mass is 9.95. The Morgan fingerprint density at radius 2 is 2.00 bits per heavy atom. The minimum absolute atomic E-state index is 0.125. The lowest BCUT2D eigenvalue weighted by Crippen LogP contribution is -2.24. The lowest BCUT2D eigenvalue weighted by Gasteiger charge is -2.21. The molecule has 1 fully saturated rings. The molecular weight excluding hydrogens is 254 g/mol. The van der Waals surface area contributed by atoms with E-state index < -0.39 is 0 Å². The topological polar surface area (TPSA) is 85.1 Å².